The highest BCUT2D eigenvalue weighted by molar-refractivity contribution is 5.87. The lowest BCUT2D eigenvalue weighted by atomic mass is 9.51. The number of aliphatic hydroxyl groups excluding tert-OH is 2. The van der Waals surface area contributed by atoms with Crippen LogP contribution in [-0.4, -0.2) is 75.0 Å². The maximum Gasteiger partial charge on any atom is 0.171 e. The number of rotatable bonds is 2. The quantitative estimate of drug-likeness (QED) is 0.618. The zero-order valence-corrected chi connectivity index (χ0v) is 21.8. The maximum atomic E-state index is 17.2. The molecule has 1 aromatic heterocycles. The first kappa shape index (κ1) is 24.1. The summed E-state index contributed by atoms with van der Waals surface area (Å²) >= 11 is 0. The first-order valence-corrected chi connectivity index (χ1v) is 13.6. The Morgan fingerprint density at radius 2 is 1.86 bits per heavy atom. The monoisotopic (exact) mass is 510 g/mol. The predicted octanol–water partition coefficient (Wildman–Crippen LogP) is 4.60. The number of benzene rings is 1. The average molecular weight is 511 g/mol. The molecule has 0 radical (unpaired) electrons. The van der Waals surface area contributed by atoms with Gasteiger partial charge in [-0.2, -0.15) is 0 Å². The van der Waals surface area contributed by atoms with Gasteiger partial charge in [-0.15, -0.1) is 0 Å². The molecule has 5 aliphatic rings. The van der Waals surface area contributed by atoms with E-state index >= 15 is 8.78 Å². The van der Waals surface area contributed by atoms with Gasteiger partial charge >= 0.3 is 0 Å². The third-order valence-corrected chi connectivity index (χ3v) is 11.2. The van der Waals surface area contributed by atoms with Crippen LogP contribution in [0, 0.1) is 11.3 Å². The molecule has 3 heterocycles. The fraction of sp³-hybridized carbons (Fsp3) is 0.633. The van der Waals surface area contributed by atoms with E-state index in [1.807, 2.05) is 31.3 Å². The van der Waals surface area contributed by atoms with Crippen LogP contribution in [0.5, 0.6) is 0 Å². The number of likely N-dealkylation sites (N-methyl/N-ethyl adjacent to an activating group) is 1. The predicted molar refractivity (Wildman–Crippen MR) is 137 cm³/mol. The molecule has 2 aliphatic heterocycles. The van der Waals surface area contributed by atoms with E-state index in [4.69, 9.17) is 4.74 Å². The standard InChI is InChI=1S/C30H36F2N2O3/c1-26-9-10-27(31)17-29(32)25(36)24(35)22(34(2)3)15-28(29)11-12-30(27,37-28)23(26)7-6-21(26)19-5-4-18-8-13-33-16-20(18)14-19/h4-6,8,13-14,16,22-25,35-36H,7,9-12,15,17H2,1-3H3. The van der Waals surface area contributed by atoms with Crippen molar-refractivity contribution in [3.8, 4) is 0 Å². The van der Waals surface area contributed by atoms with Crippen LogP contribution in [0.1, 0.15) is 57.4 Å². The maximum absolute atomic E-state index is 17.2. The van der Waals surface area contributed by atoms with Crippen LogP contribution < -0.4 is 0 Å². The lowest BCUT2D eigenvalue weighted by Gasteiger charge is -2.65. The molecule has 37 heavy (non-hydrogen) atoms. The lowest BCUT2D eigenvalue weighted by Crippen LogP contribution is -2.78. The fourth-order valence-corrected chi connectivity index (χ4v) is 9.23. The van der Waals surface area contributed by atoms with Gasteiger partial charge in [0.2, 0.25) is 0 Å². The minimum atomic E-state index is -2.32. The first-order valence-electron chi connectivity index (χ1n) is 13.6. The molecule has 1 aromatic carbocycles. The van der Waals surface area contributed by atoms with Gasteiger partial charge < -0.3 is 19.8 Å². The third-order valence-electron chi connectivity index (χ3n) is 11.2. The summed E-state index contributed by atoms with van der Waals surface area (Å²) in [7, 11) is 3.64. The molecule has 2 aromatic rings. The van der Waals surface area contributed by atoms with Gasteiger partial charge in [0, 0.05) is 36.2 Å². The molecular formula is C30H36F2N2O3. The van der Waals surface area contributed by atoms with E-state index in [9.17, 15) is 10.2 Å². The first-order chi connectivity index (χ1) is 17.5. The normalized spacial score (nSPS) is 48.5. The molecule has 9 unspecified atom stereocenters. The average Bonchev–Trinajstić information content (AvgIpc) is 3.42. The third kappa shape index (κ3) is 2.79. The molecule has 198 valence electrons. The van der Waals surface area contributed by atoms with E-state index in [0.29, 0.717) is 25.7 Å². The van der Waals surface area contributed by atoms with Gasteiger partial charge in [-0.05, 0) is 86.7 Å². The Morgan fingerprint density at radius 1 is 1.05 bits per heavy atom. The van der Waals surface area contributed by atoms with Gasteiger partial charge in [-0.25, -0.2) is 8.78 Å². The Kier molecular flexibility index (Phi) is 4.81. The second-order valence-corrected chi connectivity index (χ2v) is 12.9. The number of aliphatic hydroxyl groups is 2. The van der Waals surface area contributed by atoms with Crippen molar-refractivity contribution in [3.63, 3.8) is 0 Å². The van der Waals surface area contributed by atoms with E-state index in [0.717, 1.165) is 16.3 Å². The van der Waals surface area contributed by atoms with Gasteiger partial charge in [0.25, 0.3) is 0 Å². The Balaban J connectivity index is 1.29. The van der Waals surface area contributed by atoms with Gasteiger partial charge in [-0.3, -0.25) is 4.98 Å². The molecule has 0 amide bonds. The number of fused-ring (bicyclic) bond motifs is 2. The Hall–Kier alpha value is -1.93. The summed E-state index contributed by atoms with van der Waals surface area (Å²) in [5, 5.41) is 24.1. The summed E-state index contributed by atoms with van der Waals surface area (Å²) in [5.41, 5.74) is -4.58. The number of nitrogens with zero attached hydrogens (tertiary/aromatic N) is 2. The largest absolute Gasteiger partial charge is 0.389 e. The van der Waals surface area contributed by atoms with Crippen molar-refractivity contribution in [1.82, 2.24) is 9.88 Å². The molecule has 2 spiro atoms. The zero-order chi connectivity index (χ0) is 26.0. The van der Waals surface area contributed by atoms with E-state index in [1.165, 1.54) is 5.57 Å². The van der Waals surface area contributed by atoms with Crippen LogP contribution in [0.2, 0.25) is 0 Å². The number of hydrogen-bond donors (Lipinski definition) is 2. The molecule has 9 atom stereocenters. The number of halogens is 2. The summed E-state index contributed by atoms with van der Waals surface area (Å²) in [6.45, 7) is 2.23. The van der Waals surface area contributed by atoms with Crippen LogP contribution >= 0.6 is 0 Å². The van der Waals surface area contributed by atoms with Gasteiger partial charge in [0.1, 0.15) is 23.0 Å². The summed E-state index contributed by atoms with van der Waals surface area (Å²) in [5.74, 6) is -0.121. The van der Waals surface area contributed by atoms with Gasteiger partial charge in [0.05, 0.1) is 6.10 Å². The number of pyridine rings is 1. The molecule has 2 bridgehead atoms. The number of ether oxygens (including phenoxy) is 1. The molecule has 5 nitrogen and oxygen atoms in total. The summed E-state index contributed by atoms with van der Waals surface area (Å²) in [6.07, 6.45) is 4.98. The van der Waals surface area contributed by atoms with E-state index in [1.54, 1.807) is 6.20 Å². The van der Waals surface area contributed by atoms with Crippen LogP contribution in [0.4, 0.5) is 8.78 Å². The molecule has 2 saturated heterocycles. The van der Waals surface area contributed by atoms with Gasteiger partial charge in [0.15, 0.2) is 5.67 Å². The highest BCUT2D eigenvalue weighted by Gasteiger charge is 2.82. The van der Waals surface area contributed by atoms with Crippen LogP contribution in [0.3, 0.4) is 0 Å². The second-order valence-electron chi connectivity index (χ2n) is 12.9. The Labute approximate surface area is 216 Å². The molecule has 2 saturated carbocycles. The number of hydrogen-bond acceptors (Lipinski definition) is 5. The van der Waals surface area contributed by atoms with Crippen LogP contribution in [0.15, 0.2) is 42.7 Å². The summed E-state index contributed by atoms with van der Waals surface area (Å²) < 4.78 is 41.0. The van der Waals surface area contributed by atoms with Crippen molar-refractivity contribution < 1.29 is 23.7 Å². The summed E-state index contributed by atoms with van der Waals surface area (Å²) in [6, 6.07) is 7.96. The minimum Gasteiger partial charge on any atom is -0.389 e. The van der Waals surface area contributed by atoms with E-state index in [2.05, 4.69) is 36.2 Å². The van der Waals surface area contributed by atoms with Gasteiger partial charge in [-0.1, -0.05) is 25.1 Å². The van der Waals surface area contributed by atoms with Crippen LogP contribution in [0.25, 0.3) is 16.3 Å². The number of alkyl halides is 2. The molecule has 7 rings (SSSR count). The summed E-state index contributed by atoms with van der Waals surface area (Å²) in [4.78, 5) is 6.10. The van der Waals surface area contributed by atoms with Crippen molar-refractivity contribution in [3.05, 3.63) is 48.3 Å². The van der Waals surface area contributed by atoms with Crippen molar-refractivity contribution >= 4 is 16.3 Å². The zero-order valence-electron chi connectivity index (χ0n) is 21.8. The highest BCUT2D eigenvalue weighted by Crippen LogP contribution is 2.74. The SMILES string of the molecule is CN(C)C1CC23CCC4(O2)C2CC=C(c5ccc6ccncc6c5)C2(C)CCC4(F)CC3(F)C(O)C1O. The molecular weight excluding hydrogens is 474 g/mol. The molecule has 2 N–H and O–H groups in total. The lowest BCUT2D eigenvalue weighted by molar-refractivity contribution is -0.347. The number of allylic oxidation sites excluding steroid dienone is 2. The Morgan fingerprint density at radius 3 is 2.65 bits per heavy atom. The van der Waals surface area contributed by atoms with E-state index < -0.39 is 47.2 Å². The van der Waals surface area contributed by atoms with Crippen molar-refractivity contribution in [2.24, 2.45) is 11.3 Å². The number of aromatic nitrogens is 1. The minimum absolute atomic E-state index is 0.121. The Bertz CT molecular complexity index is 1320. The fourth-order valence-electron chi connectivity index (χ4n) is 9.23. The second kappa shape index (κ2) is 7.38. The van der Waals surface area contributed by atoms with Crippen molar-refractivity contribution in [2.75, 3.05) is 14.1 Å². The van der Waals surface area contributed by atoms with Crippen molar-refractivity contribution in [1.29, 1.82) is 0 Å². The topological polar surface area (TPSA) is 65.8 Å². The van der Waals surface area contributed by atoms with Crippen molar-refractivity contribution in [2.45, 2.75) is 92.7 Å². The molecule has 7 heteroatoms. The molecule has 4 fully saturated rings. The smallest absolute Gasteiger partial charge is 0.171 e. The highest BCUT2D eigenvalue weighted by atomic mass is 19.2. The van der Waals surface area contributed by atoms with Crippen LogP contribution in [-0.2, 0) is 4.74 Å². The van der Waals surface area contributed by atoms with E-state index in [-0.39, 0.29) is 24.2 Å². The molecule has 3 aliphatic carbocycles.